The van der Waals surface area contributed by atoms with Crippen molar-refractivity contribution in [3.63, 3.8) is 0 Å². The van der Waals surface area contributed by atoms with Crippen molar-refractivity contribution in [1.29, 1.82) is 0 Å². The number of fused-ring (bicyclic) bond motifs is 1. The third-order valence-corrected chi connectivity index (χ3v) is 5.10. The van der Waals surface area contributed by atoms with Crippen LogP contribution < -0.4 is 5.32 Å². The molecule has 1 fully saturated rings. The Bertz CT molecular complexity index is 526. The van der Waals surface area contributed by atoms with Crippen molar-refractivity contribution < 1.29 is 14.6 Å². The van der Waals surface area contributed by atoms with Gasteiger partial charge in [0.25, 0.3) is 0 Å². The zero-order chi connectivity index (χ0) is 14.3. The van der Waals surface area contributed by atoms with Crippen LogP contribution in [0.1, 0.15) is 49.6 Å². The minimum absolute atomic E-state index is 0.0977. The van der Waals surface area contributed by atoms with Crippen molar-refractivity contribution in [2.24, 2.45) is 0 Å². The van der Waals surface area contributed by atoms with Crippen LogP contribution in [0.4, 0.5) is 5.13 Å². The number of aliphatic carboxylic acids is 1. The second kappa shape index (κ2) is 5.00. The van der Waals surface area contributed by atoms with Gasteiger partial charge in [-0.25, -0.2) is 4.98 Å². The fourth-order valence-corrected chi connectivity index (χ4v) is 4.17. The average Bonchev–Trinajstić information content (AvgIpc) is 2.86. The maximum absolute atomic E-state index is 11.2. The summed E-state index contributed by atoms with van der Waals surface area (Å²) in [5.74, 6) is -1.17. The number of carboxylic acid groups (broad SMARTS) is 1. The van der Waals surface area contributed by atoms with E-state index in [1.807, 2.05) is 0 Å². The molecule has 110 valence electrons. The zero-order valence-electron chi connectivity index (χ0n) is 11.8. The van der Waals surface area contributed by atoms with Gasteiger partial charge < -0.3 is 15.2 Å². The van der Waals surface area contributed by atoms with E-state index < -0.39 is 11.9 Å². The normalized spacial score (nSPS) is 28.1. The van der Waals surface area contributed by atoms with Gasteiger partial charge in [-0.15, -0.1) is 11.3 Å². The summed E-state index contributed by atoms with van der Waals surface area (Å²) in [5, 5.41) is 13.5. The van der Waals surface area contributed by atoms with Crippen LogP contribution in [0.5, 0.6) is 0 Å². The predicted octanol–water partition coefficient (Wildman–Crippen LogP) is 2.63. The van der Waals surface area contributed by atoms with Crippen LogP contribution in [0, 0.1) is 0 Å². The molecule has 1 aromatic heterocycles. The van der Waals surface area contributed by atoms with Crippen LogP contribution >= 0.6 is 11.3 Å². The summed E-state index contributed by atoms with van der Waals surface area (Å²) in [7, 11) is 0. The van der Waals surface area contributed by atoms with E-state index in [9.17, 15) is 9.90 Å². The van der Waals surface area contributed by atoms with Gasteiger partial charge in [-0.2, -0.15) is 0 Å². The highest BCUT2D eigenvalue weighted by atomic mass is 32.1. The van der Waals surface area contributed by atoms with E-state index in [-0.39, 0.29) is 5.60 Å². The lowest BCUT2D eigenvalue weighted by atomic mass is 9.94. The molecule has 0 amide bonds. The third kappa shape index (κ3) is 2.67. The maximum atomic E-state index is 11.2. The van der Waals surface area contributed by atoms with Crippen molar-refractivity contribution in [3.05, 3.63) is 10.6 Å². The van der Waals surface area contributed by atoms with Gasteiger partial charge in [-0.1, -0.05) is 0 Å². The minimum Gasteiger partial charge on any atom is -0.481 e. The van der Waals surface area contributed by atoms with Gasteiger partial charge in [0.05, 0.1) is 11.3 Å². The molecule has 2 unspecified atom stereocenters. The number of nitrogens with one attached hydrogen (secondary N) is 1. The first-order valence-corrected chi connectivity index (χ1v) is 7.89. The van der Waals surface area contributed by atoms with E-state index in [0.717, 1.165) is 41.6 Å². The molecule has 5 nitrogen and oxygen atoms in total. The van der Waals surface area contributed by atoms with Crippen molar-refractivity contribution >= 4 is 22.4 Å². The molecule has 2 atom stereocenters. The Balaban J connectivity index is 1.70. The molecule has 1 saturated heterocycles. The quantitative estimate of drug-likeness (QED) is 0.897. The number of nitrogens with zero attached hydrogens (tertiary/aromatic N) is 1. The fraction of sp³-hybridized carbons (Fsp3) is 0.714. The van der Waals surface area contributed by atoms with Gasteiger partial charge in [-0.05, 0) is 39.5 Å². The van der Waals surface area contributed by atoms with Crippen molar-refractivity contribution in [3.8, 4) is 0 Å². The van der Waals surface area contributed by atoms with Gasteiger partial charge in [0.15, 0.2) is 5.13 Å². The van der Waals surface area contributed by atoms with E-state index in [1.165, 1.54) is 0 Å². The number of anilines is 1. The first-order chi connectivity index (χ1) is 9.44. The van der Waals surface area contributed by atoms with Crippen molar-refractivity contribution in [2.75, 3.05) is 11.9 Å². The Hall–Kier alpha value is -1.14. The summed E-state index contributed by atoms with van der Waals surface area (Å²) in [4.78, 5) is 16.8. The molecular formula is C14H20N2O3S. The van der Waals surface area contributed by atoms with Crippen LogP contribution in [-0.4, -0.2) is 34.3 Å². The topological polar surface area (TPSA) is 71.5 Å². The molecule has 1 aromatic rings. The molecule has 6 heteroatoms. The van der Waals surface area contributed by atoms with Crippen LogP contribution in [0.25, 0.3) is 0 Å². The number of carboxylic acids is 1. The fourth-order valence-electron chi connectivity index (χ4n) is 3.06. The summed E-state index contributed by atoms with van der Waals surface area (Å²) < 4.78 is 5.71. The van der Waals surface area contributed by atoms with Crippen LogP contribution in [0.15, 0.2) is 0 Å². The lowest BCUT2D eigenvalue weighted by Gasteiger charge is -2.35. The Morgan fingerprint density at radius 3 is 3.00 bits per heavy atom. The number of hydrogen-bond donors (Lipinski definition) is 2. The van der Waals surface area contributed by atoms with Crippen LogP contribution in [0.3, 0.4) is 0 Å². The Morgan fingerprint density at radius 1 is 1.50 bits per heavy atom. The molecule has 2 aliphatic rings. The minimum atomic E-state index is -0.757. The van der Waals surface area contributed by atoms with E-state index >= 15 is 0 Å². The second-order valence-electron chi connectivity index (χ2n) is 6.20. The number of hydrogen-bond acceptors (Lipinski definition) is 5. The average molecular weight is 296 g/mol. The number of aromatic nitrogens is 1. The van der Waals surface area contributed by atoms with Gasteiger partial charge >= 0.3 is 5.97 Å². The molecule has 20 heavy (non-hydrogen) atoms. The lowest BCUT2D eigenvalue weighted by molar-refractivity contribution is -0.138. The standard InChI is InChI=1S/C14H20N2O3S/c1-14(2)7-8(5-6-19-14)15-13-16-11-9(12(17)18)3-4-10(11)20-13/h8-9H,3-7H2,1-2H3,(H,15,16)(H,17,18). The molecule has 2 N–H and O–H groups in total. The molecule has 2 heterocycles. The Kier molecular flexibility index (Phi) is 3.46. The van der Waals surface area contributed by atoms with Gasteiger partial charge in [0.1, 0.15) is 5.92 Å². The summed E-state index contributed by atoms with van der Waals surface area (Å²) in [6.07, 6.45) is 3.44. The van der Waals surface area contributed by atoms with Gasteiger partial charge in [0, 0.05) is 17.5 Å². The summed E-state index contributed by atoms with van der Waals surface area (Å²) >= 11 is 1.61. The molecular weight excluding hydrogens is 276 g/mol. The first-order valence-electron chi connectivity index (χ1n) is 7.07. The second-order valence-corrected chi connectivity index (χ2v) is 7.28. The van der Waals surface area contributed by atoms with Crippen LogP contribution in [0.2, 0.25) is 0 Å². The van der Waals surface area contributed by atoms with E-state index in [2.05, 4.69) is 24.1 Å². The molecule has 1 aliphatic heterocycles. The first kappa shape index (κ1) is 13.8. The summed E-state index contributed by atoms with van der Waals surface area (Å²) in [5.41, 5.74) is 0.677. The zero-order valence-corrected chi connectivity index (χ0v) is 12.6. The molecule has 0 saturated carbocycles. The Labute approximate surface area is 122 Å². The molecule has 0 aromatic carbocycles. The van der Waals surface area contributed by atoms with Gasteiger partial charge in [0.2, 0.25) is 0 Å². The number of aryl methyl sites for hydroxylation is 1. The van der Waals surface area contributed by atoms with Crippen LogP contribution in [-0.2, 0) is 16.0 Å². The predicted molar refractivity (Wildman–Crippen MR) is 77.5 cm³/mol. The van der Waals surface area contributed by atoms with Crippen molar-refractivity contribution in [1.82, 2.24) is 4.98 Å². The molecule has 1 aliphatic carbocycles. The highest BCUT2D eigenvalue weighted by Gasteiger charge is 2.34. The molecule has 0 bridgehead atoms. The van der Waals surface area contributed by atoms with E-state index in [0.29, 0.717) is 12.5 Å². The monoisotopic (exact) mass is 296 g/mol. The SMILES string of the molecule is CC1(C)CC(Nc2nc3c(s2)CCC3C(=O)O)CCO1. The molecule has 0 radical (unpaired) electrons. The number of ether oxygens (including phenoxy) is 1. The highest BCUT2D eigenvalue weighted by molar-refractivity contribution is 7.15. The highest BCUT2D eigenvalue weighted by Crippen LogP contribution is 2.39. The van der Waals surface area contributed by atoms with E-state index in [4.69, 9.17) is 4.74 Å². The van der Waals surface area contributed by atoms with Gasteiger partial charge in [-0.3, -0.25) is 4.79 Å². The summed E-state index contributed by atoms with van der Waals surface area (Å²) in [6, 6.07) is 0.355. The third-order valence-electron chi connectivity index (χ3n) is 4.04. The largest absolute Gasteiger partial charge is 0.481 e. The smallest absolute Gasteiger partial charge is 0.312 e. The van der Waals surface area contributed by atoms with Crippen molar-refractivity contribution in [2.45, 2.75) is 57.1 Å². The number of rotatable bonds is 3. The number of thiazole rings is 1. The molecule has 3 rings (SSSR count). The maximum Gasteiger partial charge on any atom is 0.312 e. The van der Waals surface area contributed by atoms with E-state index in [1.54, 1.807) is 11.3 Å². The number of carbonyl (C=O) groups is 1. The molecule has 0 spiro atoms. The lowest BCUT2D eigenvalue weighted by Crippen LogP contribution is -2.40. The summed E-state index contributed by atoms with van der Waals surface area (Å²) in [6.45, 7) is 4.96. The Morgan fingerprint density at radius 2 is 2.30 bits per heavy atom.